The molecule has 1 aromatic heterocycles. The lowest BCUT2D eigenvalue weighted by Crippen LogP contribution is -2.29. The Bertz CT molecular complexity index is 1120. The smallest absolute Gasteiger partial charge is 0.328 e. The summed E-state index contributed by atoms with van der Waals surface area (Å²) in [6, 6.07) is 13.6. The highest BCUT2D eigenvalue weighted by Crippen LogP contribution is 2.21. The number of rotatable bonds is 16. The predicted molar refractivity (Wildman–Crippen MR) is 162 cm³/mol. The fraction of sp³-hybridized carbons (Fsp3) is 0.552. The number of nitrogens with zero attached hydrogens (tertiary/aromatic N) is 3. The van der Waals surface area contributed by atoms with Crippen LogP contribution in [-0.2, 0) is 20.6 Å². The van der Waals surface area contributed by atoms with Gasteiger partial charge in [-0.2, -0.15) is 0 Å². The lowest BCUT2D eigenvalue weighted by Gasteiger charge is -2.22. The SMILES string of the molecule is CCCCN(CCCC)CCCNCc1ccc(OCC(O)c2ccc3c(c2)n(C)c(=O)n3C)cc1.Cl.Cl. The van der Waals surface area contributed by atoms with Gasteiger partial charge in [0.1, 0.15) is 18.5 Å². The van der Waals surface area contributed by atoms with Crippen molar-refractivity contribution in [3.63, 3.8) is 0 Å². The normalized spacial score (nSPS) is 11.8. The molecule has 0 radical (unpaired) electrons. The lowest BCUT2D eigenvalue weighted by molar-refractivity contribution is 0.108. The van der Waals surface area contributed by atoms with Crippen LogP contribution in [0, 0.1) is 0 Å². The van der Waals surface area contributed by atoms with Gasteiger partial charge in [0.15, 0.2) is 0 Å². The molecule has 1 heterocycles. The Morgan fingerprint density at radius 2 is 1.50 bits per heavy atom. The first-order chi connectivity index (χ1) is 17.4. The first kappa shape index (κ1) is 34.0. The molecule has 1 unspecified atom stereocenters. The lowest BCUT2D eigenvalue weighted by atomic mass is 10.1. The Balaban J connectivity index is 0.00000361. The van der Waals surface area contributed by atoms with Gasteiger partial charge in [-0.25, -0.2) is 4.79 Å². The van der Waals surface area contributed by atoms with E-state index in [4.69, 9.17) is 4.74 Å². The number of fused-ring (bicyclic) bond motifs is 1. The number of aryl methyl sites for hydroxylation is 2. The van der Waals surface area contributed by atoms with Gasteiger partial charge < -0.3 is 20.1 Å². The van der Waals surface area contributed by atoms with Gasteiger partial charge in [0.25, 0.3) is 0 Å². The summed E-state index contributed by atoms with van der Waals surface area (Å²) in [6.07, 6.45) is 5.46. The number of aromatic nitrogens is 2. The number of hydrogen-bond donors (Lipinski definition) is 2. The highest BCUT2D eigenvalue weighted by molar-refractivity contribution is 5.85. The van der Waals surface area contributed by atoms with Crippen LogP contribution in [0.4, 0.5) is 0 Å². The number of aliphatic hydroxyl groups is 1. The van der Waals surface area contributed by atoms with Crippen LogP contribution in [0.2, 0.25) is 0 Å². The van der Waals surface area contributed by atoms with Crippen molar-refractivity contribution in [3.8, 4) is 5.75 Å². The van der Waals surface area contributed by atoms with E-state index >= 15 is 0 Å². The van der Waals surface area contributed by atoms with Crippen molar-refractivity contribution in [1.29, 1.82) is 0 Å². The molecule has 0 saturated carbocycles. The number of unbranched alkanes of at least 4 members (excludes halogenated alkanes) is 2. The summed E-state index contributed by atoms with van der Waals surface area (Å²) in [6.45, 7) is 10.1. The fourth-order valence-electron chi connectivity index (χ4n) is 4.47. The molecule has 38 heavy (non-hydrogen) atoms. The summed E-state index contributed by atoms with van der Waals surface area (Å²) in [5, 5.41) is 14.2. The third kappa shape index (κ3) is 9.62. The van der Waals surface area contributed by atoms with Gasteiger partial charge in [-0.05, 0) is 80.8 Å². The minimum Gasteiger partial charge on any atom is -0.491 e. The van der Waals surface area contributed by atoms with E-state index in [1.54, 1.807) is 23.2 Å². The Hall–Kier alpha value is -2.03. The maximum Gasteiger partial charge on any atom is 0.328 e. The molecule has 0 amide bonds. The van der Waals surface area contributed by atoms with E-state index in [9.17, 15) is 9.90 Å². The number of imidazole rings is 1. The quantitative estimate of drug-likeness (QED) is 0.232. The number of benzene rings is 2. The molecule has 3 aromatic rings. The second-order valence-electron chi connectivity index (χ2n) is 9.70. The second-order valence-corrected chi connectivity index (χ2v) is 9.70. The number of ether oxygens (including phenoxy) is 1. The third-order valence-corrected chi connectivity index (χ3v) is 6.82. The number of hydrogen-bond acceptors (Lipinski definition) is 5. The van der Waals surface area contributed by atoms with Gasteiger partial charge in [-0.15, -0.1) is 24.8 Å². The molecule has 0 aliphatic rings. The summed E-state index contributed by atoms with van der Waals surface area (Å²) >= 11 is 0. The van der Waals surface area contributed by atoms with Crippen LogP contribution in [0.25, 0.3) is 11.0 Å². The average molecular weight is 570 g/mol. The van der Waals surface area contributed by atoms with E-state index in [2.05, 4.69) is 36.2 Å². The van der Waals surface area contributed by atoms with Crippen LogP contribution in [-0.4, -0.2) is 51.9 Å². The van der Waals surface area contributed by atoms with E-state index in [0.29, 0.717) is 0 Å². The zero-order valence-corrected chi connectivity index (χ0v) is 25.0. The fourth-order valence-corrected chi connectivity index (χ4v) is 4.47. The molecule has 3 rings (SSSR count). The third-order valence-electron chi connectivity index (χ3n) is 6.82. The minimum absolute atomic E-state index is 0. The molecule has 0 fully saturated rings. The second kappa shape index (κ2) is 17.5. The van der Waals surface area contributed by atoms with Crippen LogP contribution in [0.3, 0.4) is 0 Å². The average Bonchev–Trinajstić information content (AvgIpc) is 3.12. The van der Waals surface area contributed by atoms with Gasteiger partial charge in [0.2, 0.25) is 0 Å². The van der Waals surface area contributed by atoms with Crippen LogP contribution < -0.4 is 15.7 Å². The van der Waals surface area contributed by atoms with Gasteiger partial charge in [-0.1, -0.05) is 44.9 Å². The molecular weight excluding hydrogens is 523 g/mol. The number of aliphatic hydroxyl groups excluding tert-OH is 1. The van der Waals surface area contributed by atoms with Gasteiger partial charge in [0.05, 0.1) is 11.0 Å². The van der Waals surface area contributed by atoms with E-state index in [-0.39, 0.29) is 37.1 Å². The molecular formula is C29H46Cl2N4O3. The number of nitrogens with one attached hydrogen (secondary N) is 1. The molecule has 9 heteroatoms. The zero-order chi connectivity index (χ0) is 25.9. The predicted octanol–water partition coefficient (Wildman–Crippen LogP) is 5.21. The topological polar surface area (TPSA) is 71.7 Å². The summed E-state index contributed by atoms with van der Waals surface area (Å²) in [4.78, 5) is 14.7. The molecule has 0 aliphatic heterocycles. The minimum atomic E-state index is -0.778. The van der Waals surface area contributed by atoms with Gasteiger partial charge in [-0.3, -0.25) is 9.13 Å². The Labute approximate surface area is 240 Å². The number of halogens is 2. The highest BCUT2D eigenvalue weighted by Gasteiger charge is 2.13. The van der Waals surface area contributed by atoms with Crippen LogP contribution in [0.1, 0.15) is 63.2 Å². The van der Waals surface area contributed by atoms with E-state index < -0.39 is 6.10 Å². The Morgan fingerprint density at radius 1 is 0.895 bits per heavy atom. The van der Waals surface area contributed by atoms with Crippen molar-refractivity contribution in [2.45, 2.75) is 58.6 Å². The van der Waals surface area contributed by atoms with Crippen LogP contribution in [0.5, 0.6) is 5.75 Å². The molecule has 7 nitrogen and oxygen atoms in total. The van der Waals surface area contributed by atoms with E-state index in [0.717, 1.165) is 48.4 Å². The molecule has 2 N–H and O–H groups in total. The van der Waals surface area contributed by atoms with Crippen molar-refractivity contribution >= 4 is 35.8 Å². The van der Waals surface area contributed by atoms with Crippen molar-refractivity contribution in [2.24, 2.45) is 14.1 Å². The van der Waals surface area contributed by atoms with Crippen molar-refractivity contribution < 1.29 is 9.84 Å². The van der Waals surface area contributed by atoms with Crippen LogP contribution in [0.15, 0.2) is 47.3 Å². The maximum atomic E-state index is 12.1. The Morgan fingerprint density at radius 3 is 2.13 bits per heavy atom. The van der Waals surface area contributed by atoms with E-state index in [1.165, 1.54) is 44.3 Å². The molecule has 0 spiro atoms. The Kier molecular flexibility index (Phi) is 15.7. The van der Waals surface area contributed by atoms with Crippen molar-refractivity contribution in [1.82, 2.24) is 19.4 Å². The molecule has 2 aromatic carbocycles. The summed E-state index contributed by atoms with van der Waals surface area (Å²) < 4.78 is 9.03. The molecule has 0 saturated heterocycles. The van der Waals surface area contributed by atoms with E-state index in [1.807, 2.05) is 30.3 Å². The standard InChI is InChI=1S/C29H44N4O3.2ClH/c1-5-7-17-33(18-8-6-2)19-9-16-30-21-23-10-13-25(14-11-23)36-22-28(34)24-12-15-26-27(20-24)32(4)29(35)31(26)3;;/h10-15,20,28,30,34H,5-9,16-19,21-22H2,1-4H3;2*1H. The molecule has 0 bridgehead atoms. The van der Waals surface area contributed by atoms with Crippen LogP contribution >= 0.6 is 24.8 Å². The molecule has 0 aliphatic carbocycles. The first-order valence-electron chi connectivity index (χ1n) is 13.4. The summed E-state index contributed by atoms with van der Waals surface area (Å²) in [7, 11) is 3.49. The highest BCUT2D eigenvalue weighted by atomic mass is 35.5. The monoisotopic (exact) mass is 568 g/mol. The van der Waals surface area contributed by atoms with Gasteiger partial charge in [0, 0.05) is 20.6 Å². The molecule has 1 atom stereocenters. The maximum absolute atomic E-state index is 12.1. The molecule has 214 valence electrons. The van der Waals surface area contributed by atoms with Crippen molar-refractivity contribution in [3.05, 3.63) is 64.1 Å². The largest absolute Gasteiger partial charge is 0.491 e. The van der Waals surface area contributed by atoms with Gasteiger partial charge >= 0.3 is 5.69 Å². The zero-order valence-electron chi connectivity index (χ0n) is 23.3. The van der Waals surface area contributed by atoms with Crippen molar-refractivity contribution in [2.75, 3.05) is 32.8 Å². The first-order valence-corrected chi connectivity index (χ1v) is 13.4. The summed E-state index contributed by atoms with van der Waals surface area (Å²) in [5.41, 5.74) is 3.50. The summed E-state index contributed by atoms with van der Waals surface area (Å²) in [5.74, 6) is 0.730.